The average Bonchev–Trinajstić information content (AvgIpc) is 2.99. The van der Waals surface area contributed by atoms with Crippen LogP contribution in [0.2, 0.25) is 0 Å². The number of aliphatic hydroxyl groups excluding tert-OH is 1. The summed E-state index contributed by atoms with van der Waals surface area (Å²) in [5, 5.41) is 17.4. The summed E-state index contributed by atoms with van der Waals surface area (Å²) in [6.45, 7) is 11.5. The Morgan fingerprint density at radius 1 is 0.933 bits per heavy atom. The van der Waals surface area contributed by atoms with E-state index < -0.39 is 29.7 Å². The van der Waals surface area contributed by atoms with Crippen molar-refractivity contribution in [2.75, 3.05) is 19.6 Å². The predicted octanol–water partition coefficient (Wildman–Crippen LogP) is 6.54. The number of amides is 2. The van der Waals surface area contributed by atoms with E-state index in [0.29, 0.717) is 30.8 Å². The molecule has 0 unspecified atom stereocenters. The summed E-state index contributed by atoms with van der Waals surface area (Å²) in [5.41, 5.74) is 4.02. The van der Waals surface area contributed by atoms with Crippen molar-refractivity contribution in [1.82, 2.24) is 15.5 Å². The van der Waals surface area contributed by atoms with Gasteiger partial charge in [0.05, 0.1) is 12.1 Å². The Morgan fingerprint density at radius 3 is 2.27 bits per heavy atom. The molecule has 2 atom stereocenters. The van der Waals surface area contributed by atoms with Gasteiger partial charge in [0, 0.05) is 43.4 Å². The number of nitrogens with zero attached hydrogens (tertiary/aromatic N) is 1. The Balaban J connectivity index is 1.77. The topological polar surface area (TPSA) is 81.7 Å². The Bertz CT molecular complexity index is 1400. The number of carbonyl (C=O) groups excluding carboxylic acids is 2. The van der Waals surface area contributed by atoms with Gasteiger partial charge in [-0.15, -0.1) is 6.58 Å². The normalized spacial score (nSPS) is 12.4. The molecule has 8 heteroatoms. The fourth-order valence-electron chi connectivity index (χ4n) is 5.44. The van der Waals surface area contributed by atoms with Crippen LogP contribution in [0, 0.1) is 18.6 Å². The van der Waals surface area contributed by atoms with Crippen molar-refractivity contribution in [2.45, 2.75) is 78.0 Å². The summed E-state index contributed by atoms with van der Waals surface area (Å²) < 4.78 is 28.0. The van der Waals surface area contributed by atoms with Gasteiger partial charge in [-0.1, -0.05) is 44.2 Å². The molecule has 0 fully saturated rings. The second-order valence-corrected chi connectivity index (χ2v) is 11.6. The quantitative estimate of drug-likeness (QED) is 0.112. The molecule has 0 saturated heterocycles. The van der Waals surface area contributed by atoms with Gasteiger partial charge >= 0.3 is 0 Å². The fourth-order valence-corrected chi connectivity index (χ4v) is 5.44. The van der Waals surface area contributed by atoms with Crippen LogP contribution in [0.3, 0.4) is 0 Å². The highest BCUT2D eigenvalue weighted by Gasteiger charge is 2.24. The molecule has 0 heterocycles. The van der Waals surface area contributed by atoms with Crippen LogP contribution in [0.5, 0.6) is 0 Å². The first-order valence-electron chi connectivity index (χ1n) is 15.9. The summed E-state index contributed by atoms with van der Waals surface area (Å²) in [4.78, 5) is 28.6. The highest BCUT2D eigenvalue weighted by atomic mass is 19.1. The molecule has 0 aliphatic rings. The summed E-state index contributed by atoms with van der Waals surface area (Å²) >= 11 is 0. The van der Waals surface area contributed by atoms with Gasteiger partial charge in [0.2, 0.25) is 0 Å². The van der Waals surface area contributed by atoms with Crippen molar-refractivity contribution in [3.8, 4) is 0 Å². The number of allylic oxidation sites excluding steroid dienone is 1. The van der Waals surface area contributed by atoms with Crippen molar-refractivity contribution < 1.29 is 23.5 Å². The zero-order valence-electron chi connectivity index (χ0n) is 26.8. The molecule has 3 N–H and O–H groups in total. The first-order valence-corrected chi connectivity index (χ1v) is 15.9. The lowest BCUT2D eigenvalue weighted by atomic mass is 9.99. The number of halogens is 2. The number of carbonyl (C=O) groups is 2. The van der Waals surface area contributed by atoms with E-state index in [-0.39, 0.29) is 24.4 Å². The van der Waals surface area contributed by atoms with E-state index in [9.17, 15) is 23.5 Å². The number of aliphatic hydroxyl groups is 1. The number of nitrogens with one attached hydrogen (secondary N) is 2. The Kier molecular flexibility index (Phi) is 14.4. The third-order valence-electron chi connectivity index (χ3n) is 7.57. The zero-order chi connectivity index (χ0) is 32.8. The van der Waals surface area contributed by atoms with E-state index in [2.05, 4.69) is 29.3 Å². The molecule has 6 nitrogen and oxygen atoms in total. The summed E-state index contributed by atoms with van der Waals surface area (Å²) in [7, 11) is 0. The molecule has 0 radical (unpaired) electrons. The molecular weight excluding hydrogens is 572 g/mol. The molecule has 0 aromatic heterocycles. The highest BCUT2D eigenvalue weighted by molar-refractivity contribution is 6.00. The summed E-state index contributed by atoms with van der Waals surface area (Å²) in [6, 6.07) is 15.5. The number of hydrogen-bond donors (Lipinski definition) is 3. The number of hydrogen-bond acceptors (Lipinski definition) is 4. The van der Waals surface area contributed by atoms with E-state index >= 15 is 0 Å². The third kappa shape index (κ3) is 11.5. The number of unbranched alkanes of at least 4 members (excludes halogenated alkanes) is 1. The fraction of sp³-hybridized carbons (Fsp3) is 0.405. The maximum Gasteiger partial charge on any atom is 0.253 e. The standard InChI is InChI=1S/C37H47F2N3O3/c1-5-8-9-11-27-12-10-13-28(18-27)24-40-25-35(43)34(21-29-19-32(38)23-33(39)20-29)41-36(44)30-16-26(4)17-31(22-30)37(45)42(14-6-2)15-7-3/h5,10,12-13,16-20,22-23,34-35,40,43H,1,6-9,11,14-15,21,24-25H2,2-4H3,(H,41,44)/t34-,35+/m0/s1. The maximum atomic E-state index is 14.0. The highest BCUT2D eigenvalue weighted by Crippen LogP contribution is 2.16. The third-order valence-corrected chi connectivity index (χ3v) is 7.57. The minimum atomic E-state index is -1.08. The molecule has 0 spiro atoms. The van der Waals surface area contributed by atoms with Gasteiger partial charge in [-0.3, -0.25) is 9.59 Å². The van der Waals surface area contributed by atoms with Gasteiger partial charge < -0.3 is 20.6 Å². The summed E-state index contributed by atoms with van der Waals surface area (Å²) in [5.74, 6) is -2.10. The molecule has 0 bridgehead atoms. The average molecular weight is 620 g/mol. The number of rotatable bonds is 18. The van der Waals surface area contributed by atoms with E-state index in [1.807, 2.05) is 39.0 Å². The van der Waals surface area contributed by atoms with E-state index in [1.54, 1.807) is 23.1 Å². The largest absolute Gasteiger partial charge is 0.390 e. The Labute approximate surface area is 266 Å². The maximum absolute atomic E-state index is 14.0. The minimum absolute atomic E-state index is 0.000433. The van der Waals surface area contributed by atoms with Crippen LogP contribution in [-0.2, 0) is 19.4 Å². The van der Waals surface area contributed by atoms with Crippen LogP contribution in [0.4, 0.5) is 8.78 Å². The van der Waals surface area contributed by atoms with Crippen molar-refractivity contribution in [1.29, 1.82) is 0 Å². The van der Waals surface area contributed by atoms with E-state index in [4.69, 9.17) is 0 Å². The minimum Gasteiger partial charge on any atom is -0.390 e. The van der Waals surface area contributed by atoms with Crippen LogP contribution in [0.25, 0.3) is 0 Å². The molecule has 0 aliphatic heterocycles. The van der Waals surface area contributed by atoms with Crippen molar-refractivity contribution in [3.05, 3.63) is 118 Å². The molecule has 2 amide bonds. The van der Waals surface area contributed by atoms with Gasteiger partial charge in [0.1, 0.15) is 11.6 Å². The monoisotopic (exact) mass is 619 g/mol. The Hall–Kier alpha value is -3.88. The van der Waals surface area contributed by atoms with Crippen molar-refractivity contribution in [2.24, 2.45) is 0 Å². The van der Waals surface area contributed by atoms with E-state index in [0.717, 1.165) is 49.3 Å². The van der Waals surface area contributed by atoms with Crippen molar-refractivity contribution >= 4 is 11.8 Å². The van der Waals surface area contributed by atoms with Crippen molar-refractivity contribution in [3.63, 3.8) is 0 Å². The van der Waals surface area contributed by atoms with Gasteiger partial charge in [0.15, 0.2) is 0 Å². The molecular formula is C37H47F2N3O3. The van der Waals surface area contributed by atoms with Crippen LogP contribution in [0.15, 0.2) is 73.3 Å². The predicted molar refractivity (Wildman–Crippen MR) is 176 cm³/mol. The molecule has 3 aromatic carbocycles. The zero-order valence-corrected chi connectivity index (χ0v) is 26.8. The van der Waals surface area contributed by atoms with Gasteiger partial charge in [-0.05, 0) is 98.0 Å². The van der Waals surface area contributed by atoms with Crippen LogP contribution in [0.1, 0.15) is 82.5 Å². The first kappa shape index (κ1) is 35.6. The molecule has 0 aliphatic carbocycles. The second-order valence-electron chi connectivity index (χ2n) is 11.6. The van der Waals surface area contributed by atoms with Gasteiger partial charge in [-0.2, -0.15) is 0 Å². The lowest BCUT2D eigenvalue weighted by molar-refractivity contribution is 0.0755. The molecule has 3 aromatic rings. The number of benzene rings is 3. The second kappa shape index (κ2) is 18.2. The SMILES string of the molecule is C=CCCCc1cccc(CNC[C@@H](O)[C@H](Cc2cc(F)cc(F)c2)NC(=O)c2cc(C)cc(C(=O)N(CCC)CCC)c2)c1. The molecule has 242 valence electrons. The lowest BCUT2D eigenvalue weighted by Gasteiger charge is -2.25. The van der Waals surface area contributed by atoms with Gasteiger partial charge in [0.25, 0.3) is 11.8 Å². The molecule has 45 heavy (non-hydrogen) atoms. The lowest BCUT2D eigenvalue weighted by Crippen LogP contribution is -2.48. The smallest absolute Gasteiger partial charge is 0.253 e. The summed E-state index contributed by atoms with van der Waals surface area (Å²) in [6.07, 6.45) is 5.39. The molecule has 0 saturated carbocycles. The van der Waals surface area contributed by atoms with Gasteiger partial charge in [-0.25, -0.2) is 8.78 Å². The first-order chi connectivity index (χ1) is 21.6. The Morgan fingerprint density at radius 2 is 1.60 bits per heavy atom. The number of aryl methyl sites for hydroxylation is 2. The molecule has 3 rings (SSSR count). The van der Waals surface area contributed by atoms with E-state index in [1.165, 1.54) is 17.7 Å². The van der Waals surface area contributed by atoms with Crippen LogP contribution in [-0.4, -0.2) is 53.6 Å². The van der Waals surface area contributed by atoms with Crippen LogP contribution >= 0.6 is 0 Å². The van der Waals surface area contributed by atoms with Crippen LogP contribution < -0.4 is 10.6 Å².